The summed E-state index contributed by atoms with van der Waals surface area (Å²) in [5, 5.41) is -0.131. The van der Waals surface area contributed by atoms with Crippen molar-refractivity contribution in [3.8, 4) is 0 Å². The molecule has 0 spiro atoms. The second-order valence-corrected chi connectivity index (χ2v) is 7.87. The molecule has 1 heterocycles. The Morgan fingerprint density at radius 1 is 1.12 bits per heavy atom. The summed E-state index contributed by atoms with van der Waals surface area (Å²) in [6.45, 7) is 6.27. The highest BCUT2D eigenvalue weighted by atomic mass is 32.2. The molecule has 2 aromatic carbocycles. The lowest BCUT2D eigenvalue weighted by Gasteiger charge is -2.18. The number of thioether (sulfide) groups is 1. The summed E-state index contributed by atoms with van der Waals surface area (Å²) in [7, 11) is 0. The van der Waals surface area contributed by atoms with E-state index in [-0.39, 0.29) is 28.2 Å². The highest BCUT2D eigenvalue weighted by molar-refractivity contribution is 8.01. The molecule has 0 saturated heterocycles. The molecule has 0 radical (unpaired) electrons. The van der Waals surface area contributed by atoms with Crippen LogP contribution in [0.3, 0.4) is 0 Å². The van der Waals surface area contributed by atoms with Crippen LogP contribution in [0.2, 0.25) is 0 Å². The van der Waals surface area contributed by atoms with Gasteiger partial charge in [0.05, 0.1) is 17.4 Å². The average molecular weight is 370 g/mol. The molecule has 1 aliphatic heterocycles. The second-order valence-electron chi connectivity index (χ2n) is 6.62. The van der Waals surface area contributed by atoms with Crippen LogP contribution in [0.1, 0.15) is 37.1 Å². The van der Waals surface area contributed by atoms with Crippen molar-refractivity contribution in [3.05, 3.63) is 77.1 Å². The molecule has 3 rings (SSSR count). The van der Waals surface area contributed by atoms with E-state index >= 15 is 0 Å². The predicted octanol–water partition coefficient (Wildman–Crippen LogP) is 5.66. The van der Waals surface area contributed by atoms with Crippen LogP contribution in [0.25, 0.3) is 5.57 Å². The SMILES string of the molecule is CCOC(=O)C1=C(c2ccccc2F)C(c2ccccc2)SC1C(C)C. The maximum absolute atomic E-state index is 14.7. The van der Waals surface area contributed by atoms with Crippen molar-refractivity contribution < 1.29 is 13.9 Å². The topological polar surface area (TPSA) is 26.3 Å². The fourth-order valence-electron chi connectivity index (χ4n) is 3.34. The van der Waals surface area contributed by atoms with Gasteiger partial charge in [0.2, 0.25) is 0 Å². The Morgan fingerprint density at radius 3 is 2.38 bits per heavy atom. The Labute approximate surface area is 158 Å². The maximum atomic E-state index is 14.7. The van der Waals surface area contributed by atoms with Gasteiger partial charge in [0, 0.05) is 10.8 Å². The molecule has 2 aromatic rings. The summed E-state index contributed by atoms with van der Waals surface area (Å²) >= 11 is 1.70. The van der Waals surface area contributed by atoms with Gasteiger partial charge >= 0.3 is 5.97 Å². The molecular weight excluding hydrogens is 347 g/mol. The van der Waals surface area contributed by atoms with Gasteiger partial charge in [0.25, 0.3) is 0 Å². The van der Waals surface area contributed by atoms with Crippen molar-refractivity contribution in [3.63, 3.8) is 0 Å². The number of carbonyl (C=O) groups excluding carboxylic acids is 1. The first-order valence-corrected chi connectivity index (χ1v) is 9.85. The first kappa shape index (κ1) is 18.7. The van der Waals surface area contributed by atoms with Crippen molar-refractivity contribution in [1.29, 1.82) is 0 Å². The van der Waals surface area contributed by atoms with Crippen molar-refractivity contribution in [2.75, 3.05) is 6.61 Å². The molecular formula is C22H23FO2S. The van der Waals surface area contributed by atoms with Gasteiger partial charge in [0.1, 0.15) is 5.82 Å². The highest BCUT2D eigenvalue weighted by Gasteiger charge is 2.41. The lowest BCUT2D eigenvalue weighted by Crippen LogP contribution is -2.20. The van der Waals surface area contributed by atoms with Crippen LogP contribution in [0.15, 0.2) is 60.2 Å². The summed E-state index contributed by atoms with van der Waals surface area (Å²) in [5.74, 6) is -0.416. The molecule has 0 bridgehead atoms. The van der Waals surface area contributed by atoms with E-state index in [0.717, 1.165) is 11.1 Å². The van der Waals surface area contributed by atoms with E-state index in [1.54, 1.807) is 30.8 Å². The fourth-order valence-corrected chi connectivity index (χ4v) is 5.01. The Kier molecular flexibility index (Phi) is 5.82. The standard InChI is InChI=1S/C22H23FO2S/c1-4-25-22(24)19-18(16-12-8-9-13-17(16)23)21(26-20(19)14(2)3)15-10-6-5-7-11-15/h5-14,20-21H,4H2,1-3H3. The van der Waals surface area contributed by atoms with Crippen LogP contribution in [0, 0.1) is 11.7 Å². The Balaban J connectivity index is 2.23. The first-order valence-electron chi connectivity index (χ1n) is 8.91. The largest absolute Gasteiger partial charge is 0.463 e. The number of hydrogen-bond donors (Lipinski definition) is 0. The Bertz CT molecular complexity index is 814. The summed E-state index contributed by atoms with van der Waals surface area (Å²) in [6.07, 6.45) is 0. The molecule has 0 aromatic heterocycles. The normalized spacial score (nSPS) is 19.9. The van der Waals surface area contributed by atoms with Gasteiger partial charge in [0.15, 0.2) is 0 Å². The summed E-state index contributed by atoms with van der Waals surface area (Å²) in [6, 6.07) is 16.6. The summed E-state index contributed by atoms with van der Waals surface area (Å²) < 4.78 is 20.0. The van der Waals surface area contributed by atoms with Crippen LogP contribution in [-0.2, 0) is 9.53 Å². The van der Waals surface area contributed by atoms with Crippen molar-refractivity contribution in [1.82, 2.24) is 0 Å². The van der Waals surface area contributed by atoms with Gasteiger partial charge in [-0.05, 0) is 30.0 Å². The third kappa shape index (κ3) is 3.56. The van der Waals surface area contributed by atoms with Gasteiger partial charge in [-0.25, -0.2) is 9.18 Å². The van der Waals surface area contributed by atoms with Crippen molar-refractivity contribution in [2.24, 2.45) is 5.92 Å². The summed E-state index contributed by atoms with van der Waals surface area (Å²) in [4.78, 5) is 12.8. The van der Waals surface area contributed by atoms with Crippen LogP contribution >= 0.6 is 11.8 Å². The van der Waals surface area contributed by atoms with Gasteiger partial charge in [-0.15, -0.1) is 11.8 Å². The van der Waals surface area contributed by atoms with E-state index in [9.17, 15) is 9.18 Å². The van der Waals surface area contributed by atoms with Gasteiger partial charge in [-0.3, -0.25) is 0 Å². The number of esters is 1. The van der Waals surface area contributed by atoms with E-state index < -0.39 is 0 Å². The van der Waals surface area contributed by atoms with Gasteiger partial charge in [-0.2, -0.15) is 0 Å². The highest BCUT2D eigenvalue weighted by Crippen LogP contribution is 2.55. The molecule has 1 aliphatic rings. The molecule has 0 N–H and O–H groups in total. The van der Waals surface area contributed by atoms with E-state index in [1.165, 1.54) is 6.07 Å². The quantitative estimate of drug-likeness (QED) is 0.636. The minimum Gasteiger partial charge on any atom is -0.463 e. The number of hydrogen-bond acceptors (Lipinski definition) is 3. The number of ether oxygens (including phenoxy) is 1. The Morgan fingerprint density at radius 2 is 1.77 bits per heavy atom. The van der Waals surface area contributed by atoms with Crippen LogP contribution in [-0.4, -0.2) is 17.8 Å². The van der Waals surface area contributed by atoms with Crippen LogP contribution < -0.4 is 0 Å². The third-order valence-electron chi connectivity index (χ3n) is 4.49. The molecule has 136 valence electrons. The fraction of sp³-hybridized carbons (Fsp3) is 0.318. The minimum atomic E-state index is -0.338. The molecule has 0 aliphatic carbocycles. The predicted molar refractivity (Wildman–Crippen MR) is 105 cm³/mol. The zero-order valence-corrected chi connectivity index (χ0v) is 16.1. The van der Waals surface area contributed by atoms with E-state index in [0.29, 0.717) is 17.7 Å². The lowest BCUT2D eigenvalue weighted by molar-refractivity contribution is -0.138. The van der Waals surface area contributed by atoms with Gasteiger partial charge in [-0.1, -0.05) is 62.4 Å². The van der Waals surface area contributed by atoms with Crippen molar-refractivity contribution >= 4 is 23.3 Å². The lowest BCUT2D eigenvalue weighted by atomic mass is 9.89. The van der Waals surface area contributed by atoms with Crippen LogP contribution in [0.5, 0.6) is 0 Å². The van der Waals surface area contributed by atoms with E-state index in [1.807, 2.05) is 36.4 Å². The van der Waals surface area contributed by atoms with E-state index in [2.05, 4.69) is 13.8 Å². The number of halogens is 1. The monoisotopic (exact) mass is 370 g/mol. The number of rotatable bonds is 5. The zero-order valence-electron chi connectivity index (χ0n) is 15.2. The molecule has 0 saturated carbocycles. The third-order valence-corrected chi connectivity index (χ3v) is 6.34. The molecule has 4 heteroatoms. The molecule has 0 amide bonds. The molecule has 2 atom stereocenters. The molecule has 26 heavy (non-hydrogen) atoms. The van der Waals surface area contributed by atoms with Crippen LogP contribution in [0.4, 0.5) is 4.39 Å². The van der Waals surface area contributed by atoms with Crippen molar-refractivity contribution in [2.45, 2.75) is 31.3 Å². The molecule has 0 fully saturated rings. The number of benzene rings is 2. The van der Waals surface area contributed by atoms with Gasteiger partial charge < -0.3 is 4.74 Å². The second kappa shape index (κ2) is 8.09. The molecule has 2 nitrogen and oxygen atoms in total. The molecule has 2 unspecified atom stereocenters. The smallest absolute Gasteiger partial charge is 0.335 e. The maximum Gasteiger partial charge on any atom is 0.335 e. The zero-order chi connectivity index (χ0) is 18.7. The average Bonchev–Trinajstić information content (AvgIpc) is 3.04. The summed E-state index contributed by atoms with van der Waals surface area (Å²) in [5.41, 5.74) is 2.91. The van der Waals surface area contributed by atoms with E-state index in [4.69, 9.17) is 4.74 Å². The minimum absolute atomic E-state index is 0.0335. The Hall–Kier alpha value is -2.07. The number of carbonyl (C=O) groups is 1. The first-order chi connectivity index (χ1) is 12.5.